The zero-order valence-corrected chi connectivity index (χ0v) is 23.1. The van der Waals surface area contributed by atoms with Crippen molar-refractivity contribution < 1.29 is 19.1 Å². The van der Waals surface area contributed by atoms with Gasteiger partial charge in [0.15, 0.2) is 5.41 Å². The maximum Gasteiger partial charge on any atom is 0.323 e. The second kappa shape index (κ2) is 11.8. The summed E-state index contributed by atoms with van der Waals surface area (Å²) in [5.41, 5.74) is -1.09. The molecule has 6 heteroatoms. The first-order valence-corrected chi connectivity index (χ1v) is 18.0. The highest BCUT2D eigenvalue weighted by molar-refractivity contribution is 6.80. The Labute approximate surface area is 187 Å². The van der Waals surface area contributed by atoms with Crippen molar-refractivity contribution in [3.8, 4) is 0 Å². The van der Waals surface area contributed by atoms with E-state index in [1.165, 1.54) is 62.6 Å². The highest BCUT2D eigenvalue weighted by Crippen LogP contribution is 2.53. The molecule has 0 radical (unpaired) electrons. The van der Waals surface area contributed by atoms with E-state index in [0.717, 1.165) is 6.42 Å². The van der Waals surface area contributed by atoms with E-state index in [1.54, 1.807) is 0 Å². The normalized spacial score (nSPS) is 21.5. The van der Waals surface area contributed by atoms with E-state index >= 15 is 0 Å². The average molecular weight is 457 g/mol. The van der Waals surface area contributed by atoms with Crippen LogP contribution in [0.2, 0.25) is 48.4 Å². The van der Waals surface area contributed by atoms with Gasteiger partial charge in [0.05, 0.1) is 30.4 Å². The van der Waals surface area contributed by atoms with Gasteiger partial charge in [-0.1, -0.05) is 96.3 Å². The van der Waals surface area contributed by atoms with E-state index < -0.39 is 21.6 Å². The molecule has 0 spiro atoms. The fraction of sp³-hybridized carbons (Fsp3) is 0.917. The molecule has 30 heavy (non-hydrogen) atoms. The molecule has 2 atom stereocenters. The van der Waals surface area contributed by atoms with Crippen molar-refractivity contribution >= 4 is 28.1 Å². The molecule has 176 valence electrons. The first-order valence-electron chi connectivity index (χ1n) is 12.4. The Morgan fingerprint density at radius 1 is 0.733 bits per heavy atom. The molecular weight excluding hydrogens is 408 g/mol. The van der Waals surface area contributed by atoms with Gasteiger partial charge >= 0.3 is 11.9 Å². The number of carbonyl (C=O) groups excluding carboxylic acids is 2. The van der Waals surface area contributed by atoms with Gasteiger partial charge in [-0.15, -0.1) is 0 Å². The quantitative estimate of drug-likeness (QED) is 0.175. The Morgan fingerprint density at radius 2 is 1.13 bits per heavy atom. The third-order valence-electron chi connectivity index (χ3n) is 9.28. The minimum absolute atomic E-state index is 0.386. The maximum atomic E-state index is 12.9. The summed E-state index contributed by atoms with van der Waals surface area (Å²) >= 11 is 0. The first kappa shape index (κ1) is 27.4. The van der Waals surface area contributed by atoms with Crippen LogP contribution in [0.1, 0.15) is 60.8 Å². The maximum absolute atomic E-state index is 12.9. The zero-order valence-electron chi connectivity index (χ0n) is 21.1. The van der Waals surface area contributed by atoms with Gasteiger partial charge in [0, 0.05) is 0 Å². The predicted octanol–water partition coefficient (Wildman–Crippen LogP) is 6.75. The molecule has 4 nitrogen and oxygen atoms in total. The molecule has 0 N–H and O–H groups in total. The number of esters is 2. The Hall–Kier alpha value is -0.626. The average Bonchev–Trinajstić information content (AvgIpc) is 3.16. The summed E-state index contributed by atoms with van der Waals surface area (Å²) < 4.78 is 10.3. The van der Waals surface area contributed by atoms with Gasteiger partial charge in [0.2, 0.25) is 0 Å². The molecule has 0 aliphatic heterocycles. The molecule has 0 unspecified atom stereocenters. The molecule has 0 aromatic rings. The number of hydrogen-bond acceptors (Lipinski definition) is 4. The van der Waals surface area contributed by atoms with Gasteiger partial charge in [0.25, 0.3) is 0 Å². The zero-order chi connectivity index (χ0) is 23.0. The van der Waals surface area contributed by atoms with Crippen molar-refractivity contribution in [2.75, 3.05) is 14.2 Å². The predicted molar refractivity (Wildman–Crippen MR) is 131 cm³/mol. The van der Waals surface area contributed by atoms with Crippen molar-refractivity contribution in [3.05, 3.63) is 0 Å². The van der Waals surface area contributed by atoms with Gasteiger partial charge in [-0.25, -0.2) is 0 Å². The van der Waals surface area contributed by atoms with Gasteiger partial charge < -0.3 is 9.47 Å². The van der Waals surface area contributed by atoms with Crippen LogP contribution in [0, 0.1) is 17.3 Å². The summed E-state index contributed by atoms with van der Waals surface area (Å²) in [7, 11) is 0.203. The Bertz CT molecular complexity index is 523. The smallest absolute Gasteiger partial charge is 0.323 e. The molecule has 1 fully saturated rings. The Kier molecular flexibility index (Phi) is 10.8. The molecule has 1 rings (SSSR count). The summed E-state index contributed by atoms with van der Waals surface area (Å²) in [6.07, 6.45) is 2.38. The van der Waals surface area contributed by atoms with Crippen molar-refractivity contribution in [3.63, 3.8) is 0 Å². The van der Waals surface area contributed by atoms with Crippen LogP contribution >= 0.6 is 0 Å². The number of hydrogen-bond donors (Lipinski definition) is 0. The van der Waals surface area contributed by atoms with Crippen LogP contribution in [-0.2, 0) is 19.1 Å². The Morgan fingerprint density at radius 3 is 1.50 bits per heavy atom. The third-order valence-corrected chi connectivity index (χ3v) is 21.0. The number of ether oxygens (including phenoxy) is 2. The van der Waals surface area contributed by atoms with E-state index in [-0.39, 0.29) is 11.9 Å². The standard InChI is InChI=1S/C24H48O4Si2/c1-9-29(10-2,11-3)16-15-20-17-24(22(25)27-7,23(26)28-8)18-21(20)19-30(12-4,13-5)14-6/h20-21H,9-19H2,1-8H3/t20-,21+/m1/s1. The van der Waals surface area contributed by atoms with Crippen LogP contribution in [0.5, 0.6) is 0 Å². The minimum atomic E-state index is -1.37. The molecule has 0 aromatic heterocycles. The largest absolute Gasteiger partial charge is 0.468 e. The lowest BCUT2D eigenvalue weighted by atomic mass is 9.85. The van der Waals surface area contributed by atoms with E-state index in [0.29, 0.717) is 24.7 Å². The van der Waals surface area contributed by atoms with E-state index in [9.17, 15) is 9.59 Å². The third kappa shape index (κ3) is 5.59. The second-order valence-corrected chi connectivity index (χ2v) is 21.0. The highest BCUT2D eigenvalue weighted by Gasteiger charge is 2.57. The molecule has 0 aromatic carbocycles. The van der Waals surface area contributed by atoms with Crippen LogP contribution < -0.4 is 0 Å². The van der Waals surface area contributed by atoms with Crippen LogP contribution in [0.3, 0.4) is 0 Å². The second-order valence-electron chi connectivity index (χ2n) is 9.86. The van der Waals surface area contributed by atoms with Crippen molar-refractivity contribution in [2.24, 2.45) is 17.3 Å². The van der Waals surface area contributed by atoms with Crippen molar-refractivity contribution in [2.45, 2.75) is 109 Å². The van der Waals surface area contributed by atoms with Crippen LogP contribution in [-0.4, -0.2) is 42.3 Å². The van der Waals surface area contributed by atoms with Crippen molar-refractivity contribution in [1.82, 2.24) is 0 Å². The van der Waals surface area contributed by atoms with Crippen LogP contribution in [0.4, 0.5) is 0 Å². The van der Waals surface area contributed by atoms with Crippen LogP contribution in [0.15, 0.2) is 0 Å². The molecular formula is C24H48O4Si2. The number of methoxy groups -OCH3 is 2. The van der Waals surface area contributed by atoms with E-state index in [1.807, 2.05) is 0 Å². The lowest BCUT2D eigenvalue weighted by Crippen LogP contribution is -2.40. The SMILES string of the molecule is CC[Si](CC)(CC)CC[C@@H]1CC(C(=O)OC)(C(=O)OC)C[C@H]1C[Si](CC)(CC)CC. The fourth-order valence-electron chi connectivity index (χ4n) is 6.21. The van der Waals surface area contributed by atoms with Gasteiger partial charge in [-0.3, -0.25) is 9.59 Å². The molecule has 0 saturated heterocycles. The lowest BCUT2D eigenvalue weighted by Gasteiger charge is -2.35. The van der Waals surface area contributed by atoms with E-state index in [2.05, 4.69) is 41.5 Å². The topological polar surface area (TPSA) is 52.6 Å². The molecule has 1 aliphatic rings. The summed E-state index contributed by atoms with van der Waals surface area (Å²) in [6.45, 7) is 14.1. The summed E-state index contributed by atoms with van der Waals surface area (Å²) in [5, 5.41) is 0. The summed E-state index contributed by atoms with van der Waals surface area (Å²) in [6, 6.07) is 10.4. The summed E-state index contributed by atoms with van der Waals surface area (Å²) in [5.74, 6) is 0.0930. The van der Waals surface area contributed by atoms with E-state index in [4.69, 9.17) is 9.47 Å². The van der Waals surface area contributed by atoms with Crippen molar-refractivity contribution in [1.29, 1.82) is 0 Å². The molecule has 0 heterocycles. The lowest BCUT2D eigenvalue weighted by molar-refractivity contribution is -0.169. The number of rotatable bonds is 13. The highest BCUT2D eigenvalue weighted by atomic mass is 28.3. The molecule has 1 aliphatic carbocycles. The van der Waals surface area contributed by atoms with Gasteiger partial charge in [0.1, 0.15) is 0 Å². The molecule has 1 saturated carbocycles. The fourth-order valence-corrected chi connectivity index (χ4v) is 13.7. The first-order chi connectivity index (χ1) is 14.2. The Balaban J connectivity index is 3.27. The monoisotopic (exact) mass is 456 g/mol. The molecule has 0 amide bonds. The summed E-state index contributed by atoms with van der Waals surface area (Å²) in [4.78, 5) is 25.7. The van der Waals surface area contributed by atoms with Gasteiger partial charge in [-0.05, 0) is 24.7 Å². The van der Waals surface area contributed by atoms with Crippen LogP contribution in [0.25, 0.3) is 0 Å². The minimum Gasteiger partial charge on any atom is -0.468 e. The molecule has 0 bridgehead atoms. The van der Waals surface area contributed by atoms with Gasteiger partial charge in [-0.2, -0.15) is 0 Å². The number of carbonyl (C=O) groups is 2.